The first kappa shape index (κ1) is 33.2. The van der Waals surface area contributed by atoms with Gasteiger partial charge in [-0.15, -0.1) is 0 Å². The zero-order chi connectivity index (χ0) is 34.2. The molecule has 1 saturated heterocycles. The Balaban J connectivity index is 1.55. The van der Waals surface area contributed by atoms with Crippen LogP contribution in [-0.2, 0) is 9.53 Å². The number of piperidine rings is 1. The molecule has 1 N–H and O–H groups in total. The Morgan fingerprint density at radius 1 is 1.10 bits per heavy atom. The first-order valence-corrected chi connectivity index (χ1v) is 16.8. The maximum atomic E-state index is 12.8. The standard InChI is InChI=1S/C39H45N5O4/c1-25-12-9-8-10-17-39(6)18-20-43(21-19-39)36-34(35(37(45)46)48-38(3,4)5)26(2)41-33-24-31(42-44(33)36)28-14-11-13-27(22-28)30-23-29(40-7)15-16-32(30)47-25/h8-9,11,13-16,22-25,35H,10,12,17-21H2,1-6H3,(H,45,46)/b9-8+/t25?,35-/m0/s1. The highest BCUT2D eigenvalue weighted by atomic mass is 16.5. The van der Waals surface area contributed by atoms with Gasteiger partial charge in [-0.1, -0.05) is 43.3 Å². The van der Waals surface area contributed by atoms with Gasteiger partial charge in [0.05, 0.1) is 29.5 Å². The van der Waals surface area contributed by atoms with Gasteiger partial charge in [-0.25, -0.2) is 14.6 Å². The van der Waals surface area contributed by atoms with E-state index in [0.29, 0.717) is 28.3 Å². The van der Waals surface area contributed by atoms with E-state index in [1.54, 1.807) is 6.07 Å². The van der Waals surface area contributed by atoms with E-state index < -0.39 is 17.7 Å². The fraction of sp³-hybridized carbons (Fsp3) is 0.436. The van der Waals surface area contributed by atoms with Crippen molar-refractivity contribution in [2.45, 2.75) is 91.5 Å². The fourth-order valence-corrected chi connectivity index (χ4v) is 6.83. The van der Waals surface area contributed by atoms with Crippen LogP contribution in [-0.4, -0.2) is 50.5 Å². The van der Waals surface area contributed by atoms with Crippen molar-refractivity contribution in [1.29, 1.82) is 0 Å². The third kappa shape index (κ3) is 6.95. The predicted molar refractivity (Wildman–Crippen MR) is 189 cm³/mol. The van der Waals surface area contributed by atoms with E-state index in [1.807, 2.05) is 68.6 Å². The number of fused-ring (bicyclic) bond motifs is 7. The number of carboxylic acid groups (broad SMARTS) is 1. The van der Waals surface area contributed by atoms with Gasteiger partial charge in [-0.3, -0.25) is 0 Å². The molecule has 9 heteroatoms. The first-order valence-electron chi connectivity index (χ1n) is 16.8. The highest BCUT2D eigenvalue weighted by Crippen LogP contribution is 2.42. The lowest BCUT2D eigenvalue weighted by molar-refractivity contribution is -0.160. The summed E-state index contributed by atoms with van der Waals surface area (Å²) in [7, 11) is 0. The van der Waals surface area contributed by atoms with Gasteiger partial charge in [0, 0.05) is 42.4 Å². The Morgan fingerprint density at radius 3 is 2.56 bits per heavy atom. The van der Waals surface area contributed by atoms with Gasteiger partial charge in [-0.05, 0) is 89.5 Å². The highest BCUT2D eigenvalue weighted by molar-refractivity contribution is 5.81. The van der Waals surface area contributed by atoms with E-state index in [9.17, 15) is 9.90 Å². The van der Waals surface area contributed by atoms with Crippen LogP contribution in [0.4, 0.5) is 11.5 Å². The number of rotatable bonds is 3. The zero-order valence-electron chi connectivity index (χ0n) is 28.8. The monoisotopic (exact) mass is 647 g/mol. The molecule has 4 aromatic rings. The normalized spacial score (nSPS) is 21.3. The van der Waals surface area contributed by atoms with E-state index in [0.717, 1.165) is 73.5 Å². The van der Waals surface area contributed by atoms with Gasteiger partial charge in [0.2, 0.25) is 0 Å². The van der Waals surface area contributed by atoms with Crippen LogP contribution in [0.15, 0.2) is 60.7 Å². The molecule has 7 rings (SSSR count). The van der Waals surface area contributed by atoms with Crippen LogP contribution in [0.5, 0.6) is 5.75 Å². The van der Waals surface area contributed by atoms with Gasteiger partial charge in [0.25, 0.3) is 0 Å². The molecular weight excluding hydrogens is 602 g/mol. The predicted octanol–water partition coefficient (Wildman–Crippen LogP) is 8.98. The minimum Gasteiger partial charge on any atom is -0.490 e. The van der Waals surface area contributed by atoms with Crippen molar-refractivity contribution in [3.05, 3.63) is 83.4 Å². The number of hydrogen-bond acceptors (Lipinski definition) is 6. The molecule has 0 radical (unpaired) electrons. The van der Waals surface area contributed by atoms with Gasteiger partial charge in [0.1, 0.15) is 11.6 Å². The molecule has 2 atom stereocenters. The second-order valence-electron chi connectivity index (χ2n) is 14.5. The van der Waals surface area contributed by atoms with Crippen LogP contribution in [0.3, 0.4) is 0 Å². The third-order valence-corrected chi connectivity index (χ3v) is 9.47. The van der Waals surface area contributed by atoms with Gasteiger partial charge in [-0.2, -0.15) is 9.61 Å². The molecule has 0 spiro atoms. The van der Waals surface area contributed by atoms with E-state index in [-0.39, 0.29) is 11.5 Å². The van der Waals surface area contributed by atoms with Crippen LogP contribution in [0.2, 0.25) is 0 Å². The van der Waals surface area contributed by atoms with E-state index in [2.05, 4.69) is 41.8 Å². The molecule has 2 aromatic carbocycles. The minimum absolute atomic E-state index is 0.0383. The van der Waals surface area contributed by atoms with Crippen LogP contribution < -0.4 is 9.64 Å². The lowest BCUT2D eigenvalue weighted by atomic mass is 9.76. The minimum atomic E-state index is -1.22. The maximum absolute atomic E-state index is 12.8. The molecule has 0 aliphatic carbocycles. The summed E-state index contributed by atoms with van der Waals surface area (Å²) < 4.78 is 14.5. The van der Waals surface area contributed by atoms with E-state index >= 15 is 0 Å². The molecule has 9 nitrogen and oxygen atoms in total. The van der Waals surface area contributed by atoms with Crippen LogP contribution in [0.1, 0.15) is 84.1 Å². The van der Waals surface area contributed by atoms with Crippen molar-refractivity contribution < 1.29 is 19.4 Å². The number of aliphatic carboxylic acids is 1. The number of ether oxygens (including phenoxy) is 2. The highest BCUT2D eigenvalue weighted by Gasteiger charge is 2.37. The Morgan fingerprint density at radius 2 is 1.85 bits per heavy atom. The van der Waals surface area contributed by atoms with Crippen LogP contribution >= 0.6 is 0 Å². The van der Waals surface area contributed by atoms with Gasteiger partial charge < -0.3 is 19.5 Å². The van der Waals surface area contributed by atoms with Crippen molar-refractivity contribution >= 4 is 23.1 Å². The lowest BCUT2D eigenvalue weighted by Gasteiger charge is -2.41. The Labute approximate surface area is 283 Å². The molecular formula is C39H45N5O4. The summed E-state index contributed by atoms with van der Waals surface area (Å²) in [6, 6.07) is 15.6. The van der Waals surface area contributed by atoms with Crippen molar-refractivity contribution in [2.75, 3.05) is 18.0 Å². The maximum Gasteiger partial charge on any atom is 0.337 e. The smallest absolute Gasteiger partial charge is 0.337 e. The molecule has 0 amide bonds. The van der Waals surface area contributed by atoms with Crippen LogP contribution in [0, 0.1) is 18.9 Å². The number of nitrogens with zero attached hydrogens (tertiary/aromatic N) is 5. The van der Waals surface area contributed by atoms with Gasteiger partial charge >= 0.3 is 5.97 Å². The molecule has 2 aromatic heterocycles. The third-order valence-electron chi connectivity index (χ3n) is 9.47. The summed E-state index contributed by atoms with van der Waals surface area (Å²) in [5, 5.41) is 15.6. The number of aromatic nitrogens is 3. The second-order valence-corrected chi connectivity index (χ2v) is 14.5. The largest absolute Gasteiger partial charge is 0.490 e. The molecule has 48 heavy (non-hydrogen) atoms. The van der Waals surface area contributed by atoms with Gasteiger partial charge in [0.15, 0.2) is 17.4 Å². The Kier molecular flexibility index (Phi) is 9.06. The zero-order valence-corrected chi connectivity index (χ0v) is 28.8. The average Bonchev–Trinajstić information content (AvgIpc) is 3.46. The Bertz CT molecular complexity index is 1910. The second kappa shape index (κ2) is 13.1. The van der Waals surface area contributed by atoms with Crippen molar-refractivity contribution in [2.24, 2.45) is 5.41 Å². The number of benzene rings is 2. The molecule has 250 valence electrons. The first-order chi connectivity index (χ1) is 22.8. The average molecular weight is 648 g/mol. The number of anilines is 1. The van der Waals surface area contributed by atoms with E-state index in [1.165, 1.54) is 0 Å². The number of allylic oxidation sites excluding steroid dienone is 1. The van der Waals surface area contributed by atoms with Crippen molar-refractivity contribution in [3.63, 3.8) is 0 Å². The molecule has 0 saturated carbocycles. The van der Waals surface area contributed by atoms with Crippen molar-refractivity contribution in [1.82, 2.24) is 14.6 Å². The topological polar surface area (TPSA) is 93.5 Å². The molecule has 1 unspecified atom stereocenters. The SMILES string of the molecule is [C-]#[N+]c1ccc2c(c1)-c1cccc(c1)-c1cc3nc(C)c([C@H](OC(C)(C)C)C(=O)O)c(n3n1)N1CCC(C)(CC/C=C/CC(C)O2)CC1. The molecule has 5 heterocycles. The number of aryl methyl sites for hydroxylation is 1. The number of carbonyl (C=O) groups is 1. The quantitative estimate of drug-likeness (QED) is 0.175. The summed E-state index contributed by atoms with van der Waals surface area (Å²) in [5.74, 6) is 0.396. The fourth-order valence-electron chi connectivity index (χ4n) is 6.83. The molecule has 1 fully saturated rings. The summed E-state index contributed by atoms with van der Waals surface area (Å²) >= 11 is 0. The molecule has 6 bridgehead atoms. The molecule has 3 aliphatic heterocycles. The van der Waals surface area contributed by atoms with Crippen molar-refractivity contribution in [3.8, 4) is 28.1 Å². The Hall–Kier alpha value is -4.68. The van der Waals surface area contributed by atoms with E-state index in [4.69, 9.17) is 26.1 Å². The number of carboxylic acids is 1. The summed E-state index contributed by atoms with van der Waals surface area (Å²) in [4.78, 5) is 23.7. The van der Waals surface area contributed by atoms with Crippen LogP contribution in [0.25, 0.3) is 32.9 Å². The summed E-state index contributed by atoms with van der Waals surface area (Å²) in [6.45, 7) is 21.1. The lowest BCUT2D eigenvalue weighted by Crippen LogP contribution is -2.41. The molecule has 3 aliphatic rings. The summed E-state index contributed by atoms with van der Waals surface area (Å²) in [6.07, 6.45) is 8.01. The summed E-state index contributed by atoms with van der Waals surface area (Å²) in [5.41, 5.74) is 5.13. The number of hydrogen-bond donors (Lipinski definition) is 1.